The van der Waals surface area contributed by atoms with E-state index in [4.69, 9.17) is 9.05 Å². The van der Waals surface area contributed by atoms with Crippen molar-refractivity contribution in [2.75, 3.05) is 19.5 Å². The zero-order chi connectivity index (χ0) is 12.6. The Morgan fingerprint density at radius 2 is 1.71 bits per heavy atom. The van der Waals surface area contributed by atoms with E-state index in [0.29, 0.717) is 19.8 Å². The monoisotopic (exact) mass is 257 g/mol. The predicted octanol–water partition coefficient (Wildman–Crippen LogP) is 3.00. The summed E-state index contributed by atoms with van der Waals surface area (Å²) in [6, 6.07) is 9.94. The lowest BCUT2D eigenvalue weighted by molar-refractivity contribution is 0.218. The predicted molar refractivity (Wildman–Crippen MR) is 69.0 cm³/mol. The number of hydrogen-bond donors (Lipinski definition) is 1. The Kier molecular flexibility index (Phi) is 6.45. The number of hydrogen-bond acceptors (Lipinski definition) is 4. The molecule has 0 spiro atoms. The second-order valence-electron chi connectivity index (χ2n) is 3.52. The molecule has 0 unspecified atom stereocenters. The van der Waals surface area contributed by atoms with Crippen LogP contribution in [0.2, 0.25) is 0 Å². The van der Waals surface area contributed by atoms with E-state index in [-0.39, 0.29) is 6.29 Å². The average Bonchev–Trinajstić information content (AvgIpc) is 2.31. The molecule has 0 amide bonds. The lowest BCUT2D eigenvalue weighted by Gasteiger charge is -2.17. The van der Waals surface area contributed by atoms with Crippen molar-refractivity contribution in [2.24, 2.45) is 0 Å². The summed E-state index contributed by atoms with van der Waals surface area (Å²) in [5, 5.41) is 3.10. The molecule has 0 bridgehead atoms. The van der Waals surface area contributed by atoms with Crippen LogP contribution >= 0.6 is 7.60 Å². The summed E-state index contributed by atoms with van der Waals surface area (Å²) in [7, 11) is -2.97. The van der Waals surface area contributed by atoms with Gasteiger partial charge < -0.3 is 14.4 Å². The first-order valence-corrected chi connectivity index (χ1v) is 7.55. The molecule has 0 saturated carbocycles. The molecule has 1 aromatic rings. The number of rotatable bonds is 8. The first-order chi connectivity index (χ1) is 8.20. The fourth-order valence-corrected chi connectivity index (χ4v) is 2.88. The number of benzene rings is 1. The van der Waals surface area contributed by atoms with Crippen molar-refractivity contribution in [3.8, 4) is 0 Å². The summed E-state index contributed by atoms with van der Waals surface area (Å²) in [6.45, 7) is 5.06. The van der Waals surface area contributed by atoms with E-state index in [9.17, 15) is 4.57 Å². The summed E-state index contributed by atoms with van der Waals surface area (Å²) in [4.78, 5) is 0. The normalized spacial score (nSPS) is 11.6. The second kappa shape index (κ2) is 7.62. The zero-order valence-electron chi connectivity index (χ0n) is 10.4. The van der Waals surface area contributed by atoms with Crippen LogP contribution in [0.1, 0.15) is 19.4 Å². The van der Waals surface area contributed by atoms with Crippen molar-refractivity contribution in [1.29, 1.82) is 0 Å². The van der Waals surface area contributed by atoms with Gasteiger partial charge in [-0.25, -0.2) is 0 Å². The standard InChI is InChI=1S/C12H20NO3P/c1-3-15-17(14,16-4-2)11-13-10-12-8-6-5-7-9-12/h5-9,13H,3-4,10-11H2,1-2H3. The van der Waals surface area contributed by atoms with Crippen LogP contribution in [0.3, 0.4) is 0 Å². The van der Waals surface area contributed by atoms with Crippen molar-refractivity contribution < 1.29 is 13.6 Å². The van der Waals surface area contributed by atoms with Crippen LogP contribution in [-0.2, 0) is 20.2 Å². The second-order valence-corrected chi connectivity index (χ2v) is 5.57. The molecule has 0 aromatic heterocycles. The lowest BCUT2D eigenvalue weighted by Crippen LogP contribution is -2.17. The first kappa shape index (κ1) is 14.4. The van der Waals surface area contributed by atoms with Gasteiger partial charge in [0.2, 0.25) is 0 Å². The molecule has 0 saturated heterocycles. The first-order valence-electron chi connectivity index (χ1n) is 5.83. The van der Waals surface area contributed by atoms with Gasteiger partial charge in [0.05, 0.1) is 19.5 Å². The van der Waals surface area contributed by atoms with Crippen LogP contribution in [0.15, 0.2) is 30.3 Å². The van der Waals surface area contributed by atoms with E-state index in [1.807, 2.05) is 44.2 Å². The largest absolute Gasteiger partial charge is 0.344 e. The minimum absolute atomic E-state index is 0.240. The summed E-state index contributed by atoms with van der Waals surface area (Å²) in [5.41, 5.74) is 1.15. The van der Waals surface area contributed by atoms with E-state index in [2.05, 4.69) is 5.32 Å². The molecule has 1 rings (SSSR count). The van der Waals surface area contributed by atoms with Gasteiger partial charge >= 0.3 is 7.60 Å². The maximum Gasteiger partial charge on any atom is 0.344 e. The topological polar surface area (TPSA) is 47.6 Å². The van der Waals surface area contributed by atoms with Crippen molar-refractivity contribution in [3.05, 3.63) is 35.9 Å². The molecule has 0 aliphatic carbocycles. The van der Waals surface area contributed by atoms with E-state index in [1.54, 1.807) is 0 Å². The van der Waals surface area contributed by atoms with Crippen LogP contribution < -0.4 is 5.32 Å². The van der Waals surface area contributed by atoms with Gasteiger partial charge in [0.1, 0.15) is 0 Å². The van der Waals surface area contributed by atoms with Crippen molar-refractivity contribution in [2.45, 2.75) is 20.4 Å². The maximum absolute atomic E-state index is 12.1. The lowest BCUT2D eigenvalue weighted by atomic mass is 10.2. The smallest absolute Gasteiger partial charge is 0.308 e. The van der Waals surface area contributed by atoms with Crippen LogP contribution in [0.5, 0.6) is 0 Å². The highest BCUT2D eigenvalue weighted by molar-refractivity contribution is 7.53. The highest BCUT2D eigenvalue weighted by Crippen LogP contribution is 2.46. The molecule has 0 radical (unpaired) electrons. The third-order valence-corrected chi connectivity index (χ3v) is 4.04. The molecule has 0 fully saturated rings. The summed E-state index contributed by atoms with van der Waals surface area (Å²) in [5.74, 6) is 0. The van der Waals surface area contributed by atoms with Crippen LogP contribution in [0, 0.1) is 0 Å². The van der Waals surface area contributed by atoms with Gasteiger partial charge in [-0.05, 0) is 19.4 Å². The highest BCUT2D eigenvalue weighted by Gasteiger charge is 2.22. The van der Waals surface area contributed by atoms with E-state index in [0.717, 1.165) is 5.56 Å². The van der Waals surface area contributed by atoms with Gasteiger partial charge in [-0.15, -0.1) is 0 Å². The van der Waals surface area contributed by atoms with Crippen LogP contribution in [-0.4, -0.2) is 19.5 Å². The molecule has 5 heteroatoms. The Bertz CT molecular complexity index is 346. The fourth-order valence-electron chi connectivity index (χ4n) is 1.45. The van der Waals surface area contributed by atoms with Gasteiger partial charge in [0, 0.05) is 6.54 Å². The molecule has 1 N–H and O–H groups in total. The van der Waals surface area contributed by atoms with Crippen molar-refractivity contribution in [1.82, 2.24) is 5.32 Å². The van der Waals surface area contributed by atoms with Crippen molar-refractivity contribution >= 4 is 7.60 Å². The molecule has 0 heterocycles. The van der Waals surface area contributed by atoms with Gasteiger partial charge in [0.15, 0.2) is 0 Å². The quantitative estimate of drug-likeness (QED) is 0.727. The fraction of sp³-hybridized carbons (Fsp3) is 0.500. The average molecular weight is 257 g/mol. The minimum atomic E-state index is -2.97. The Morgan fingerprint density at radius 3 is 2.24 bits per heavy atom. The Labute approximate surface area is 103 Å². The van der Waals surface area contributed by atoms with E-state index in [1.165, 1.54) is 0 Å². The van der Waals surface area contributed by atoms with Crippen LogP contribution in [0.25, 0.3) is 0 Å². The maximum atomic E-state index is 12.1. The van der Waals surface area contributed by atoms with Crippen molar-refractivity contribution in [3.63, 3.8) is 0 Å². The van der Waals surface area contributed by atoms with Gasteiger partial charge in [0.25, 0.3) is 0 Å². The summed E-state index contributed by atoms with van der Waals surface area (Å²) >= 11 is 0. The van der Waals surface area contributed by atoms with Gasteiger partial charge in [-0.3, -0.25) is 4.57 Å². The highest BCUT2D eigenvalue weighted by atomic mass is 31.2. The Hall–Kier alpha value is -0.670. The molecule has 0 aliphatic rings. The van der Waals surface area contributed by atoms with Crippen LogP contribution in [0.4, 0.5) is 0 Å². The third-order valence-electron chi connectivity index (χ3n) is 2.13. The zero-order valence-corrected chi connectivity index (χ0v) is 11.3. The Balaban J connectivity index is 2.40. The van der Waals surface area contributed by atoms with Gasteiger partial charge in [-0.1, -0.05) is 30.3 Å². The molecule has 17 heavy (non-hydrogen) atoms. The molecule has 4 nitrogen and oxygen atoms in total. The summed E-state index contributed by atoms with van der Waals surface area (Å²) < 4.78 is 22.5. The SMILES string of the molecule is CCOP(=O)(CNCc1ccccc1)OCC. The molecular formula is C12H20NO3P. The molecule has 1 aromatic carbocycles. The minimum Gasteiger partial charge on any atom is -0.308 e. The molecule has 96 valence electrons. The Morgan fingerprint density at radius 1 is 1.12 bits per heavy atom. The molecule has 0 aliphatic heterocycles. The van der Waals surface area contributed by atoms with Gasteiger partial charge in [-0.2, -0.15) is 0 Å². The summed E-state index contributed by atoms with van der Waals surface area (Å²) in [6.07, 6.45) is 0.240. The molecule has 0 atom stereocenters. The molecular weight excluding hydrogens is 237 g/mol. The van der Waals surface area contributed by atoms with E-state index >= 15 is 0 Å². The number of nitrogens with one attached hydrogen (secondary N) is 1. The van der Waals surface area contributed by atoms with E-state index < -0.39 is 7.60 Å². The third kappa shape index (κ3) is 5.46.